The maximum Gasteiger partial charge on any atom is 0.287 e. The minimum absolute atomic E-state index is 0.212. The van der Waals surface area contributed by atoms with Gasteiger partial charge in [0.15, 0.2) is 0 Å². The molecule has 2 heterocycles. The number of benzene rings is 1. The number of H-pyrrole nitrogens is 1. The molecule has 24 heavy (non-hydrogen) atoms. The first-order chi connectivity index (χ1) is 11.5. The Morgan fingerprint density at radius 3 is 2.50 bits per heavy atom. The van der Waals surface area contributed by atoms with Gasteiger partial charge in [-0.15, -0.1) is 0 Å². The third-order valence-corrected chi connectivity index (χ3v) is 3.61. The van der Waals surface area contributed by atoms with E-state index in [2.05, 4.69) is 21.0 Å². The van der Waals surface area contributed by atoms with Gasteiger partial charge in [0.05, 0.1) is 17.5 Å². The lowest BCUT2D eigenvalue weighted by molar-refractivity contribution is 0.0843. The molecule has 0 saturated carbocycles. The number of aromatic amines is 1. The predicted molar refractivity (Wildman–Crippen MR) is 87.4 cm³/mol. The normalized spacial score (nSPS) is 10.4. The molecule has 1 aromatic carbocycles. The van der Waals surface area contributed by atoms with Gasteiger partial charge in [-0.25, -0.2) is 0 Å². The summed E-state index contributed by atoms with van der Waals surface area (Å²) in [5, 5.41) is 7.31. The van der Waals surface area contributed by atoms with Crippen molar-refractivity contribution in [1.82, 2.24) is 21.0 Å². The Kier molecular flexibility index (Phi) is 4.35. The standard InChI is InChI=1S/C16H13ClN4O3/c1-9-12(6-7-24-9)15(22)20-21-16(23)14-8-13(18-19-14)10-2-4-11(17)5-3-10/h2-8H,1H3,(H,18,19)(H,20,22)(H,21,23). The van der Waals surface area contributed by atoms with E-state index in [1.165, 1.54) is 12.3 Å². The molecule has 0 aliphatic carbocycles. The zero-order valence-electron chi connectivity index (χ0n) is 12.6. The van der Waals surface area contributed by atoms with E-state index in [9.17, 15) is 9.59 Å². The van der Waals surface area contributed by atoms with E-state index in [1.807, 2.05) is 0 Å². The number of rotatable bonds is 3. The van der Waals surface area contributed by atoms with Gasteiger partial charge in [-0.2, -0.15) is 5.10 Å². The van der Waals surface area contributed by atoms with Gasteiger partial charge in [0.1, 0.15) is 11.5 Å². The molecule has 0 aliphatic heterocycles. The number of amides is 2. The van der Waals surface area contributed by atoms with Crippen LogP contribution in [0.2, 0.25) is 5.02 Å². The summed E-state index contributed by atoms with van der Waals surface area (Å²) in [5.74, 6) is -0.516. The fraction of sp³-hybridized carbons (Fsp3) is 0.0625. The van der Waals surface area contributed by atoms with Crippen molar-refractivity contribution in [2.45, 2.75) is 6.92 Å². The monoisotopic (exact) mass is 344 g/mol. The summed E-state index contributed by atoms with van der Waals surface area (Å²) in [7, 11) is 0. The van der Waals surface area contributed by atoms with Gasteiger partial charge in [0, 0.05) is 10.6 Å². The second-order valence-corrected chi connectivity index (χ2v) is 5.41. The first-order valence-corrected chi connectivity index (χ1v) is 7.38. The Bertz CT molecular complexity index is 883. The molecule has 3 rings (SSSR count). The Balaban J connectivity index is 1.65. The van der Waals surface area contributed by atoms with Crippen LogP contribution in [-0.4, -0.2) is 22.0 Å². The summed E-state index contributed by atoms with van der Waals surface area (Å²) in [6.45, 7) is 1.66. The van der Waals surface area contributed by atoms with Crippen LogP contribution in [0.25, 0.3) is 11.3 Å². The van der Waals surface area contributed by atoms with Gasteiger partial charge in [-0.3, -0.25) is 25.5 Å². The highest BCUT2D eigenvalue weighted by molar-refractivity contribution is 6.30. The van der Waals surface area contributed by atoms with E-state index >= 15 is 0 Å². The van der Waals surface area contributed by atoms with Gasteiger partial charge in [-0.05, 0) is 31.2 Å². The molecule has 0 radical (unpaired) electrons. The Hall–Kier alpha value is -3.06. The predicted octanol–water partition coefficient (Wildman–Crippen LogP) is 2.71. The zero-order valence-corrected chi connectivity index (χ0v) is 13.3. The molecule has 0 bridgehead atoms. The Morgan fingerprint density at radius 1 is 1.12 bits per heavy atom. The van der Waals surface area contributed by atoms with E-state index in [1.54, 1.807) is 37.3 Å². The van der Waals surface area contributed by atoms with Crippen molar-refractivity contribution < 1.29 is 14.0 Å². The summed E-state index contributed by atoms with van der Waals surface area (Å²) >= 11 is 5.84. The number of aromatic nitrogens is 2. The van der Waals surface area contributed by atoms with Crippen molar-refractivity contribution in [2.75, 3.05) is 0 Å². The fourth-order valence-electron chi connectivity index (χ4n) is 2.08. The van der Waals surface area contributed by atoms with Crippen LogP contribution in [0.15, 0.2) is 47.1 Å². The van der Waals surface area contributed by atoms with Crippen LogP contribution in [0, 0.1) is 6.92 Å². The van der Waals surface area contributed by atoms with Crippen molar-refractivity contribution in [2.24, 2.45) is 0 Å². The maximum absolute atomic E-state index is 12.1. The summed E-state index contributed by atoms with van der Waals surface area (Å²) < 4.78 is 5.04. The lowest BCUT2D eigenvalue weighted by atomic mass is 10.1. The number of furan rings is 1. The highest BCUT2D eigenvalue weighted by Gasteiger charge is 2.14. The average molecular weight is 345 g/mol. The molecule has 7 nitrogen and oxygen atoms in total. The first-order valence-electron chi connectivity index (χ1n) is 7.00. The van der Waals surface area contributed by atoms with Crippen LogP contribution in [0.4, 0.5) is 0 Å². The lowest BCUT2D eigenvalue weighted by Crippen LogP contribution is -2.41. The van der Waals surface area contributed by atoms with E-state index in [4.69, 9.17) is 16.0 Å². The van der Waals surface area contributed by atoms with Crippen LogP contribution >= 0.6 is 11.6 Å². The third-order valence-electron chi connectivity index (χ3n) is 3.36. The topological polar surface area (TPSA) is 100 Å². The molecule has 0 fully saturated rings. The summed E-state index contributed by atoms with van der Waals surface area (Å²) in [6.07, 6.45) is 1.40. The quantitative estimate of drug-likeness (QED) is 0.636. The Morgan fingerprint density at radius 2 is 1.83 bits per heavy atom. The van der Waals surface area contributed by atoms with Gasteiger partial charge >= 0.3 is 0 Å². The van der Waals surface area contributed by atoms with Crippen LogP contribution in [0.3, 0.4) is 0 Å². The molecule has 2 aromatic heterocycles. The summed E-state index contributed by atoms with van der Waals surface area (Å²) in [4.78, 5) is 24.0. The Labute approximate surface area is 142 Å². The second-order valence-electron chi connectivity index (χ2n) is 4.97. The van der Waals surface area contributed by atoms with Crippen LogP contribution in [0.5, 0.6) is 0 Å². The van der Waals surface area contributed by atoms with Crippen LogP contribution < -0.4 is 10.9 Å². The molecule has 0 atom stereocenters. The number of nitrogens with zero attached hydrogens (tertiary/aromatic N) is 1. The molecule has 0 unspecified atom stereocenters. The second kappa shape index (κ2) is 6.59. The SMILES string of the molecule is Cc1occc1C(=O)NNC(=O)c1cc(-c2ccc(Cl)cc2)n[nH]1. The molecule has 8 heteroatoms. The van der Waals surface area contributed by atoms with Gasteiger partial charge in [-0.1, -0.05) is 23.7 Å². The molecule has 0 saturated heterocycles. The van der Waals surface area contributed by atoms with E-state index in [0.717, 1.165) is 5.56 Å². The molecule has 0 aliphatic rings. The maximum atomic E-state index is 12.1. The first kappa shape index (κ1) is 15.8. The number of aryl methyl sites for hydroxylation is 1. The molecular weight excluding hydrogens is 332 g/mol. The summed E-state index contributed by atoms with van der Waals surface area (Å²) in [5.41, 5.74) is 6.60. The summed E-state index contributed by atoms with van der Waals surface area (Å²) in [6, 6.07) is 10.2. The number of hydrogen-bond acceptors (Lipinski definition) is 4. The van der Waals surface area contributed by atoms with Gasteiger partial charge in [0.2, 0.25) is 0 Å². The fourth-order valence-corrected chi connectivity index (χ4v) is 2.20. The van der Waals surface area contributed by atoms with Gasteiger partial charge in [0.25, 0.3) is 11.8 Å². The smallest absolute Gasteiger partial charge is 0.287 e. The van der Waals surface area contributed by atoms with E-state index in [0.29, 0.717) is 22.0 Å². The largest absolute Gasteiger partial charge is 0.469 e. The van der Waals surface area contributed by atoms with Crippen molar-refractivity contribution in [3.05, 3.63) is 64.7 Å². The number of nitrogens with one attached hydrogen (secondary N) is 3. The zero-order chi connectivity index (χ0) is 17.1. The van der Waals surface area contributed by atoms with Crippen molar-refractivity contribution in [3.8, 4) is 11.3 Å². The lowest BCUT2D eigenvalue weighted by Gasteiger charge is -2.04. The van der Waals surface area contributed by atoms with Crippen LogP contribution in [-0.2, 0) is 0 Å². The molecular formula is C16H13ClN4O3. The molecule has 3 N–H and O–H groups in total. The minimum atomic E-state index is -0.516. The minimum Gasteiger partial charge on any atom is -0.469 e. The number of hydrazine groups is 1. The highest BCUT2D eigenvalue weighted by Crippen LogP contribution is 2.20. The number of carbonyl (C=O) groups excluding carboxylic acids is 2. The molecule has 0 spiro atoms. The van der Waals surface area contributed by atoms with Crippen molar-refractivity contribution in [1.29, 1.82) is 0 Å². The van der Waals surface area contributed by atoms with Crippen LogP contribution in [0.1, 0.15) is 26.6 Å². The van der Waals surface area contributed by atoms with Crippen molar-refractivity contribution in [3.63, 3.8) is 0 Å². The van der Waals surface area contributed by atoms with Gasteiger partial charge < -0.3 is 4.42 Å². The number of carbonyl (C=O) groups is 2. The van der Waals surface area contributed by atoms with E-state index < -0.39 is 11.8 Å². The highest BCUT2D eigenvalue weighted by atomic mass is 35.5. The van der Waals surface area contributed by atoms with Crippen molar-refractivity contribution >= 4 is 23.4 Å². The molecule has 122 valence electrons. The van der Waals surface area contributed by atoms with E-state index in [-0.39, 0.29) is 5.69 Å². The number of hydrogen-bond donors (Lipinski definition) is 3. The molecule has 3 aromatic rings. The third kappa shape index (κ3) is 3.31. The number of halogens is 1. The molecule has 2 amide bonds. The average Bonchev–Trinajstić information content (AvgIpc) is 3.22.